The summed E-state index contributed by atoms with van der Waals surface area (Å²) >= 11 is 0. The van der Waals surface area contributed by atoms with Gasteiger partial charge in [-0.2, -0.15) is 0 Å². The van der Waals surface area contributed by atoms with Gasteiger partial charge in [0.15, 0.2) is 16.9 Å². The lowest BCUT2D eigenvalue weighted by Crippen LogP contribution is -2.29. The second-order valence-electron chi connectivity index (χ2n) is 9.19. The lowest BCUT2D eigenvalue weighted by molar-refractivity contribution is 0.0971. The van der Waals surface area contributed by atoms with Gasteiger partial charge in [-0.1, -0.05) is 43.5 Å². The van der Waals surface area contributed by atoms with E-state index < -0.39 is 23.2 Å². The predicted molar refractivity (Wildman–Crippen MR) is 140 cm³/mol. The molecule has 1 aliphatic rings. The summed E-state index contributed by atoms with van der Waals surface area (Å²) in [5, 5.41) is 0.0881. The van der Waals surface area contributed by atoms with Crippen LogP contribution in [0.5, 0.6) is 11.5 Å². The molecule has 190 valence electrons. The van der Waals surface area contributed by atoms with Gasteiger partial charge in [0.05, 0.1) is 30.7 Å². The molecular formula is C30H28FNO5. The van der Waals surface area contributed by atoms with E-state index >= 15 is 0 Å². The molecule has 1 aliphatic heterocycles. The second kappa shape index (κ2) is 10.1. The van der Waals surface area contributed by atoms with Gasteiger partial charge in [0.2, 0.25) is 5.76 Å². The van der Waals surface area contributed by atoms with E-state index in [-0.39, 0.29) is 22.3 Å². The van der Waals surface area contributed by atoms with Gasteiger partial charge in [-0.3, -0.25) is 14.5 Å². The molecule has 1 aromatic heterocycles. The molecule has 0 aliphatic carbocycles. The standard InChI is InChI=1S/C30H28FNO5/c1-4-5-6-15-36-24-13-9-19(16-25(24)35-3)27-26-28(33)22-17-20(31)10-14-23(22)37-29(26)30(34)32(27)21-11-7-18(2)8-12-21/h7-14,16-17,27H,4-6,15H2,1-3H3. The third-order valence-corrected chi connectivity index (χ3v) is 6.65. The monoisotopic (exact) mass is 501 g/mol. The second-order valence-corrected chi connectivity index (χ2v) is 9.19. The van der Waals surface area contributed by atoms with E-state index in [1.165, 1.54) is 12.1 Å². The Balaban J connectivity index is 1.67. The third kappa shape index (κ3) is 4.46. The fraction of sp³-hybridized carbons (Fsp3) is 0.267. The molecule has 0 bridgehead atoms. The number of carbonyl (C=O) groups is 1. The van der Waals surface area contributed by atoms with E-state index in [1.54, 1.807) is 24.1 Å². The molecule has 0 N–H and O–H groups in total. The van der Waals surface area contributed by atoms with E-state index in [4.69, 9.17) is 13.9 Å². The minimum absolute atomic E-state index is 0.0476. The first kappa shape index (κ1) is 24.6. The van der Waals surface area contributed by atoms with Gasteiger partial charge in [0.25, 0.3) is 5.91 Å². The van der Waals surface area contributed by atoms with Crippen LogP contribution in [-0.4, -0.2) is 19.6 Å². The van der Waals surface area contributed by atoms with Crippen LogP contribution in [0, 0.1) is 12.7 Å². The number of hydrogen-bond acceptors (Lipinski definition) is 5. The van der Waals surface area contributed by atoms with Gasteiger partial charge in [-0.15, -0.1) is 0 Å². The number of carbonyl (C=O) groups excluding carboxylic acids is 1. The van der Waals surface area contributed by atoms with Gasteiger partial charge >= 0.3 is 0 Å². The number of ether oxygens (including phenoxy) is 2. The average molecular weight is 502 g/mol. The van der Waals surface area contributed by atoms with Gasteiger partial charge in [-0.05, 0) is 61.4 Å². The SMILES string of the molecule is CCCCCOc1ccc(C2c3c(oc4ccc(F)cc4c3=O)C(=O)N2c2ccc(C)cc2)cc1OC. The smallest absolute Gasteiger partial charge is 0.295 e. The van der Waals surface area contributed by atoms with Gasteiger partial charge in [0, 0.05) is 5.69 Å². The number of benzene rings is 3. The van der Waals surface area contributed by atoms with Crippen molar-refractivity contribution in [2.75, 3.05) is 18.6 Å². The van der Waals surface area contributed by atoms with Gasteiger partial charge < -0.3 is 13.9 Å². The summed E-state index contributed by atoms with van der Waals surface area (Å²) in [5.41, 5.74) is 2.18. The van der Waals surface area contributed by atoms with Crippen molar-refractivity contribution in [2.45, 2.75) is 39.2 Å². The lowest BCUT2D eigenvalue weighted by Gasteiger charge is -2.26. The maximum absolute atomic E-state index is 14.0. The molecule has 6 nitrogen and oxygen atoms in total. The minimum Gasteiger partial charge on any atom is -0.493 e. The molecular weight excluding hydrogens is 473 g/mol. The first-order valence-electron chi connectivity index (χ1n) is 12.4. The van der Waals surface area contributed by atoms with E-state index in [1.807, 2.05) is 37.3 Å². The summed E-state index contributed by atoms with van der Waals surface area (Å²) in [5.74, 6) is 0.0400. The molecule has 5 rings (SSSR count). The molecule has 1 unspecified atom stereocenters. The number of methoxy groups -OCH3 is 1. The van der Waals surface area contributed by atoms with Crippen molar-refractivity contribution < 1.29 is 23.1 Å². The number of unbranched alkanes of at least 4 members (excludes halogenated alkanes) is 2. The predicted octanol–water partition coefficient (Wildman–Crippen LogP) is 6.57. The fourth-order valence-corrected chi connectivity index (χ4v) is 4.74. The van der Waals surface area contributed by atoms with E-state index in [0.717, 1.165) is 30.9 Å². The highest BCUT2D eigenvalue weighted by atomic mass is 19.1. The van der Waals surface area contributed by atoms with Crippen LogP contribution >= 0.6 is 0 Å². The van der Waals surface area contributed by atoms with E-state index in [9.17, 15) is 14.0 Å². The largest absolute Gasteiger partial charge is 0.493 e. The summed E-state index contributed by atoms with van der Waals surface area (Å²) < 4.78 is 31.5. The molecule has 0 saturated heterocycles. The van der Waals surface area contributed by atoms with Crippen LogP contribution in [0.25, 0.3) is 11.0 Å². The van der Waals surface area contributed by atoms with Crippen LogP contribution in [0.15, 0.2) is 69.9 Å². The number of hydrogen-bond donors (Lipinski definition) is 0. The van der Waals surface area contributed by atoms with Crippen LogP contribution in [0.4, 0.5) is 10.1 Å². The van der Waals surface area contributed by atoms with Crippen molar-refractivity contribution in [1.82, 2.24) is 0 Å². The summed E-state index contributed by atoms with van der Waals surface area (Å²) in [6.45, 7) is 4.65. The number of nitrogens with zero attached hydrogens (tertiary/aromatic N) is 1. The highest BCUT2D eigenvalue weighted by molar-refractivity contribution is 6.10. The molecule has 4 aromatic rings. The first-order valence-corrected chi connectivity index (χ1v) is 12.4. The normalized spacial score (nSPS) is 14.8. The minimum atomic E-state index is -0.794. The van der Waals surface area contributed by atoms with Crippen LogP contribution < -0.4 is 19.8 Å². The van der Waals surface area contributed by atoms with E-state index in [0.29, 0.717) is 29.4 Å². The molecule has 7 heteroatoms. The van der Waals surface area contributed by atoms with Crippen molar-refractivity contribution in [3.63, 3.8) is 0 Å². The van der Waals surface area contributed by atoms with Crippen LogP contribution in [0.1, 0.15) is 59.5 Å². The summed E-state index contributed by atoms with van der Waals surface area (Å²) in [7, 11) is 1.55. The zero-order chi connectivity index (χ0) is 26.1. The number of amides is 1. The average Bonchev–Trinajstić information content (AvgIpc) is 3.20. The Kier molecular flexibility index (Phi) is 6.70. The number of rotatable bonds is 8. The maximum atomic E-state index is 14.0. The van der Waals surface area contributed by atoms with Crippen molar-refractivity contribution in [1.29, 1.82) is 0 Å². The maximum Gasteiger partial charge on any atom is 0.295 e. The summed E-state index contributed by atoms with van der Waals surface area (Å²) in [4.78, 5) is 29.0. The molecule has 0 spiro atoms. The number of fused-ring (bicyclic) bond motifs is 2. The Labute approximate surface area is 214 Å². The molecule has 0 saturated carbocycles. The molecule has 2 heterocycles. The lowest BCUT2D eigenvalue weighted by atomic mass is 9.97. The van der Waals surface area contributed by atoms with Crippen LogP contribution in [0.2, 0.25) is 0 Å². The third-order valence-electron chi connectivity index (χ3n) is 6.65. The fourth-order valence-electron chi connectivity index (χ4n) is 4.74. The molecule has 37 heavy (non-hydrogen) atoms. The van der Waals surface area contributed by atoms with Crippen LogP contribution in [-0.2, 0) is 0 Å². The molecule has 0 fully saturated rings. The Morgan fingerprint density at radius 2 is 1.76 bits per heavy atom. The highest BCUT2D eigenvalue weighted by Gasteiger charge is 2.44. The summed E-state index contributed by atoms with van der Waals surface area (Å²) in [6.07, 6.45) is 3.08. The Morgan fingerprint density at radius 1 is 0.973 bits per heavy atom. The Bertz CT molecular complexity index is 1530. The summed E-state index contributed by atoms with van der Waals surface area (Å²) in [6, 6.07) is 15.8. The Morgan fingerprint density at radius 3 is 2.49 bits per heavy atom. The number of halogens is 1. The van der Waals surface area contributed by atoms with E-state index in [2.05, 4.69) is 6.92 Å². The number of anilines is 1. The molecule has 3 aromatic carbocycles. The zero-order valence-electron chi connectivity index (χ0n) is 21.0. The molecule has 0 radical (unpaired) electrons. The van der Waals surface area contributed by atoms with Crippen molar-refractivity contribution in [3.05, 3.63) is 99.2 Å². The van der Waals surface area contributed by atoms with Crippen molar-refractivity contribution in [3.8, 4) is 11.5 Å². The molecule has 1 amide bonds. The number of aryl methyl sites for hydroxylation is 1. The quantitative estimate of drug-likeness (QED) is 0.256. The topological polar surface area (TPSA) is 69.0 Å². The first-order chi connectivity index (χ1) is 17.9. The highest BCUT2D eigenvalue weighted by Crippen LogP contribution is 2.43. The Hall–Kier alpha value is -4.13. The van der Waals surface area contributed by atoms with Crippen molar-refractivity contribution in [2.24, 2.45) is 0 Å². The molecule has 1 atom stereocenters. The van der Waals surface area contributed by atoms with Gasteiger partial charge in [-0.25, -0.2) is 4.39 Å². The van der Waals surface area contributed by atoms with Crippen LogP contribution in [0.3, 0.4) is 0 Å². The van der Waals surface area contributed by atoms with Gasteiger partial charge in [0.1, 0.15) is 11.4 Å². The zero-order valence-corrected chi connectivity index (χ0v) is 21.0. The van der Waals surface area contributed by atoms with Crippen molar-refractivity contribution >= 4 is 22.6 Å².